The lowest BCUT2D eigenvalue weighted by Crippen LogP contribution is -2.41. The van der Waals surface area contributed by atoms with Crippen LogP contribution >= 0.6 is 0 Å². The third-order valence-electron chi connectivity index (χ3n) is 5.89. The predicted octanol–water partition coefficient (Wildman–Crippen LogP) is 4.51. The summed E-state index contributed by atoms with van der Waals surface area (Å²) in [6, 6.07) is 24.5. The quantitative estimate of drug-likeness (QED) is 0.663. The van der Waals surface area contributed by atoms with Gasteiger partial charge in [-0.15, -0.1) is 0 Å². The maximum absolute atomic E-state index is 13.1. The zero-order valence-electron chi connectivity index (χ0n) is 17.5. The van der Waals surface area contributed by atoms with Gasteiger partial charge in [0.2, 0.25) is 5.91 Å². The van der Waals surface area contributed by atoms with Crippen LogP contribution in [0.3, 0.4) is 0 Å². The van der Waals surface area contributed by atoms with Crippen molar-refractivity contribution in [3.63, 3.8) is 0 Å². The van der Waals surface area contributed by atoms with E-state index in [-0.39, 0.29) is 17.9 Å². The molecule has 2 aromatic carbocycles. The van der Waals surface area contributed by atoms with E-state index in [4.69, 9.17) is 0 Å². The number of nitrogens with zero attached hydrogens (tertiary/aromatic N) is 2. The van der Waals surface area contributed by atoms with E-state index in [0.717, 1.165) is 43.7 Å². The van der Waals surface area contributed by atoms with Gasteiger partial charge in [0.1, 0.15) is 0 Å². The third-order valence-corrected chi connectivity index (χ3v) is 5.89. The van der Waals surface area contributed by atoms with Crippen molar-refractivity contribution in [1.82, 2.24) is 15.2 Å². The lowest BCUT2D eigenvalue weighted by atomic mass is 9.94. The molecule has 1 aromatic heterocycles. The fourth-order valence-corrected chi connectivity index (χ4v) is 4.09. The Bertz CT molecular complexity index is 933. The highest BCUT2D eigenvalue weighted by Gasteiger charge is 2.27. The van der Waals surface area contributed by atoms with E-state index in [9.17, 15) is 4.79 Å². The van der Waals surface area contributed by atoms with Crippen molar-refractivity contribution >= 4 is 5.91 Å². The molecule has 4 nitrogen and oxygen atoms in total. The summed E-state index contributed by atoms with van der Waals surface area (Å²) in [5.41, 5.74) is 4.47. The number of likely N-dealkylation sites (tertiary alicyclic amines) is 1. The molecule has 0 spiro atoms. The van der Waals surface area contributed by atoms with Crippen molar-refractivity contribution in [2.24, 2.45) is 5.92 Å². The highest BCUT2D eigenvalue weighted by atomic mass is 16.2. The molecule has 1 unspecified atom stereocenters. The topological polar surface area (TPSA) is 45.2 Å². The first-order chi connectivity index (χ1) is 14.7. The molecule has 3 aromatic rings. The van der Waals surface area contributed by atoms with E-state index in [2.05, 4.69) is 70.7 Å². The highest BCUT2D eigenvalue weighted by molar-refractivity contribution is 5.79. The summed E-state index contributed by atoms with van der Waals surface area (Å²) in [7, 11) is 0. The molecular weight excluding hydrogens is 370 g/mol. The SMILES string of the molecule is Cc1ccc(C(NC(=O)C2CCN(Cc3ccccc3)CC2)c2ccccn2)cc1. The Morgan fingerprint density at radius 2 is 1.70 bits per heavy atom. The standard InChI is InChI=1S/C26H29N3O/c1-20-10-12-22(13-11-20)25(24-9-5-6-16-27-24)28-26(30)23-14-17-29(18-15-23)19-21-7-3-2-4-8-21/h2-13,16,23,25H,14-15,17-19H2,1H3,(H,28,30). The second-order valence-corrected chi connectivity index (χ2v) is 8.14. The van der Waals surface area contributed by atoms with Gasteiger partial charge < -0.3 is 5.32 Å². The molecule has 4 heteroatoms. The van der Waals surface area contributed by atoms with Crippen LogP contribution in [0.15, 0.2) is 79.0 Å². The van der Waals surface area contributed by atoms with Crippen LogP contribution in [0.4, 0.5) is 0 Å². The molecule has 1 amide bonds. The maximum Gasteiger partial charge on any atom is 0.224 e. The minimum absolute atomic E-state index is 0.0497. The number of carbonyl (C=O) groups excluding carboxylic acids is 1. The van der Waals surface area contributed by atoms with Crippen LogP contribution in [-0.2, 0) is 11.3 Å². The van der Waals surface area contributed by atoms with Crippen LogP contribution in [0, 0.1) is 12.8 Å². The van der Waals surface area contributed by atoms with E-state index in [1.165, 1.54) is 11.1 Å². The minimum Gasteiger partial charge on any atom is -0.343 e. The summed E-state index contributed by atoms with van der Waals surface area (Å²) in [4.78, 5) is 20.1. The number of pyridine rings is 1. The van der Waals surface area contributed by atoms with E-state index in [1.807, 2.05) is 24.3 Å². The number of hydrogen-bond acceptors (Lipinski definition) is 3. The van der Waals surface area contributed by atoms with E-state index in [1.54, 1.807) is 6.20 Å². The molecule has 0 radical (unpaired) electrons. The summed E-state index contributed by atoms with van der Waals surface area (Å²) in [6.07, 6.45) is 3.56. The number of benzene rings is 2. The molecule has 1 atom stereocenters. The van der Waals surface area contributed by atoms with Gasteiger partial charge >= 0.3 is 0 Å². The number of amides is 1. The number of aryl methyl sites for hydroxylation is 1. The average molecular weight is 400 g/mol. The zero-order chi connectivity index (χ0) is 20.8. The lowest BCUT2D eigenvalue weighted by molar-refractivity contribution is -0.127. The zero-order valence-corrected chi connectivity index (χ0v) is 17.5. The van der Waals surface area contributed by atoms with Gasteiger partial charge in [-0.2, -0.15) is 0 Å². The van der Waals surface area contributed by atoms with Gasteiger partial charge in [0.05, 0.1) is 11.7 Å². The van der Waals surface area contributed by atoms with Gasteiger partial charge in [0, 0.05) is 18.7 Å². The summed E-state index contributed by atoms with van der Waals surface area (Å²) in [5.74, 6) is 0.180. The summed E-state index contributed by atoms with van der Waals surface area (Å²) in [6.45, 7) is 4.92. The molecule has 1 fully saturated rings. The Balaban J connectivity index is 1.40. The first-order valence-corrected chi connectivity index (χ1v) is 10.7. The van der Waals surface area contributed by atoms with Crippen molar-refractivity contribution in [2.75, 3.05) is 13.1 Å². The van der Waals surface area contributed by atoms with Crippen LogP contribution in [0.1, 0.15) is 41.3 Å². The summed E-state index contributed by atoms with van der Waals surface area (Å²) >= 11 is 0. The lowest BCUT2D eigenvalue weighted by Gasteiger charge is -2.32. The molecule has 4 rings (SSSR count). The van der Waals surface area contributed by atoms with Crippen molar-refractivity contribution in [3.8, 4) is 0 Å². The van der Waals surface area contributed by atoms with E-state index >= 15 is 0 Å². The Hall–Kier alpha value is -2.98. The molecule has 2 heterocycles. The van der Waals surface area contributed by atoms with Gasteiger partial charge in [0.15, 0.2) is 0 Å². The van der Waals surface area contributed by atoms with Gasteiger partial charge in [-0.1, -0.05) is 66.2 Å². The largest absolute Gasteiger partial charge is 0.343 e. The fourth-order valence-electron chi connectivity index (χ4n) is 4.09. The molecule has 154 valence electrons. The van der Waals surface area contributed by atoms with Crippen LogP contribution < -0.4 is 5.32 Å². The van der Waals surface area contributed by atoms with Gasteiger partial charge in [-0.05, 0) is 56.1 Å². The number of carbonyl (C=O) groups is 1. The van der Waals surface area contributed by atoms with Crippen molar-refractivity contribution < 1.29 is 4.79 Å². The average Bonchev–Trinajstić information content (AvgIpc) is 2.80. The van der Waals surface area contributed by atoms with Gasteiger partial charge in [-0.3, -0.25) is 14.7 Å². The normalized spacial score (nSPS) is 16.2. The molecule has 1 saturated heterocycles. The monoisotopic (exact) mass is 399 g/mol. The van der Waals surface area contributed by atoms with Gasteiger partial charge in [0.25, 0.3) is 0 Å². The second-order valence-electron chi connectivity index (χ2n) is 8.14. The molecule has 1 N–H and O–H groups in total. The van der Waals surface area contributed by atoms with Crippen LogP contribution in [0.2, 0.25) is 0 Å². The molecule has 1 aliphatic rings. The van der Waals surface area contributed by atoms with Crippen molar-refractivity contribution in [2.45, 2.75) is 32.4 Å². The van der Waals surface area contributed by atoms with Crippen molar-refractivity contribution in [1.29, 1.82) is 0 Å². The number of aromatic nitrogens is 1. The molecule has 0 saturated carbocycles. The second kappa shape index (κ2) is 9.68. The van der Waals surface area contributed by atoms with Crippen LogP contribution in [0.25, 0.3) is 0 Å². The molecule has 1 aliphatic heterocycles. The smallest absolute Gasteiger partial charge is 0.224 e. The van der Waals surface area contributed by atoms with E-state index < -0.39 is 0 Å². The predicted molar refractivity (Wildman–Crippen MR) is 120 cm³/mol. The Kier molecular flexibility index (Phi) is 6.55. The molecule has 30 heavy (non-hydrogen) atoms. The Labute approximate surface area is 179 Å². The molecule has 0 bridgehead atoms. The number of piperidine rings is 1. The Morgan fingerprint density at radius 1 is 1.00 bits per heavy atom. The first kappa shape index (κ1) is 20.3. The minimum atomic E-state index is -0.221. The molecule has 0 aliphatic carbocycles. The number of hydrogen-bond donors (Lipinski definition) is 1. The van der Waals surface area contributed by atoms with Crippen LogP contribution in [-0.4, -0.2) is 28.9 Å². The van der Waals surface area contributed by atoms with Crippen LogP contribution in [0.5, 0.6) is 0 Å². The van der Waals surface area contributed by atoms with E-state index in [0.29, 0.717) is 0 Å². The maximum atomic E-state index is 13.1. The fraction of sp³-hybridized carbons (Fsp3) is 0.308. The third kappa shape index (κ3) is 5.14. The van der Waals surface area contributed by atoms with Gasteiger partial charge in [-0.25, -0.2) is 0 Å². The molecular formula is C26H29N3O. The Morgan fingerprint density at radius 3 is 2.37 bits per heavy atom. The first-order valence-electron chi connectivity index (χ1n) is 10.7. The summed E-state index contributed by atoms with van der Waals surface area (Å²) in [5, 5.41) is 3.28. The van der Waals surface area contributed by atoms with Crippen molar-refractivity contribution in [3.05, 3.63) is 101 Å². The number of nitrogens with one attached hydrogen (secondary N) is 1. The number of rotatable bonds is 6. The summed E-state index contributed by atoms with van der Waals surface area (Å²) < 4.78 is 0. The highest BCUT2D eigenvalue weighted by Crippen LogP contribution is 2.24.